The Morgan fingerprint density at radius 2 is 1.79 bits per heavy atom. The Labute approximate surface area is 198 Å². The first-order valence-electron chi connectivity index (χ1n) is 10.8. The summed E-state index contributed by atoms with van der Waals surface area (Å²) in [5.41, 5.74) is 8.36. The number of nitrogens with zero attached hydrogens (tertiary/aromatic N) is 3. The van der Waals surface area contributed by atoms with Gasteiger partial charge in [0.05, 0.1) is 24.2 Å². The maximum atomic E-state index is 13.9. The molecular formula is C24H27FN4O4S. The molecule has 0 fully saturated rings. The van der Waals surface area contributed by atoms with E-state index in [-0.39, 0.29) is 36.6 Å². The minimum atomic E-state index is -2.36. The highest BCUT2D eigenvalue weighted by atomic mass is 32.2. The summed E-state index contributed by atoms with van der Waals surface area (Å²) < 4.78 is 48.2. The number of ether oxygens (including phenoxy) is 3. The van der Waals surface area contributed by atoms with Gasteiger partial charge in [-0.05, 0) is 54.3 Å². The second-order valence-electron chi connectivity index (χ2n) is 8.32. The van der Waals surface area contributed by atoms with Crippen LogP contribution in [0, 0.1) is 5.82 Å². The molecule has 0 spiro atoms. The Hall–Kier alpha value is -3.40. The summed E-state index contributed by atoms with van der Waals surface area (Å²) in [6.07, 6.45) is 5.24. The molecule has 2 aromatic carbocycles. The summed E-state index contributed by atoms with van der Waals surface area (Å²) >= 11 is 0. The molecule has 0 saturated heterocycles. The highest BCUT2D eigenvalue weighted by Crippen LogP contribution is 2.35. The van der Waals surface area contributed by atoms with E-state index in [0.717, 1.165) is 5.56 Å². The van der Waals surface area contributed by atoms with E-state index in [4.69, 9.17) is 19.9 Å². The van der Waals surface area contributed by atoms with Crippen molar-refractivity contribution < 1.29 is 22.8 Å². The van der Waals surface area contributed by atoms with Crippen molar-refractivity contribution in [3.05, 3.63) is 54.0 Å². The molecule has 2 bridgehead atoms. The smallest absolute Gasteiger partial charge is 0.257 e. The van der Waals surface area contributed by atoms with Gasteiger partial charge >= 0.3 is 0 Å². The van der Waals surface area contributed by atoms with E-state index in [1.54, 1.807) is 36.8 Å². The van der Waals surface area contributed by atoms with E-state index in [9.17, 15) is 8.60 Å². The molecule has 8 nitrogen and oxygen atoms in total. The van der Waals surface area contributed by atoms with Crippen molar-refractivity contribution in [1.82, 2.24) is 9.97 Å². The number of halogens is 1. The van der Waals surface area contributed by atoms with Gasteiger partial charge in [-0.2, -0.15) is 4.36 Å². The van der Waals surface area contributed by atoms with Gasteiger partial charge in [0.1, 0.15) is 30.5 Å². The molecule has 0 aliphatic carbocycles. The van der Waals surface area contributed by atoms with Crippen LogP contribution < -0.4 is 19.9 Å². The van der Waals surface area contributed by atoms with Crippen molar-refractivity contribution in [2.45, 2.75) is 19.3 Å². The summed E-state index contributed by atoms with van der Waals surface area (Å²) in [4.78, 5) is 8.78. The normalized spacial score (nSPS) is 16.4. The summed E-state index contributed by atoms with van der Waals surface area (Å²) in [6.45, 7) is 2.76. The minimum absolute atomic E-state index is 0.0339. The second-order valence-corrected chi connectivity index (χ2v) is 10.9. The van der Waals surface area contributed by atoms with Crippen LogP contribution in [0.4, 0.5) is 15.9 Å². The van der Waals surface area contributed by atoms with Crippen LogP contribution in [0.2, 0.25) is 0 Å². The predicted molar refractivity (Wildman–Crippen MR) is 130 cm³/mol. The highest BCUT2D eigenvalue weighted by molar-refractivity contribution is 7.92. The highest BCUT2D eigenvalue weighted by Gasteiger charge is 2.17. The molecule has 180 valence electrons. The third kappa shape index (κ3) is 5.74. The average Bonchev–Trinajstić information content (AvgIpc) is 2.78. The van der Waals surface area contributed by atoms with Gasteiger partial charge in [0, 0.05) is 27.8 Å². The zero-order valence-corrected chi connectivity index (χ0v) is 20.1. The third-order valence-corrected chi connectivity index (χ3v) is 5.87. The fourth-order valence-electron chi connectivity index (χ4n) is 3.60. The topological polar surface area (TPSA) is 109 Å². The van der Waals surface area contributed by atoms with Crippen LogP contribution in [0.3, 0.4) is 0 Å². The van der Waals surface area contributed by atoms with Crippen LogP contribution in [0.15, 0.2) is 47.0 Å². The molecule has 2 heterocycles. The van der Waals surface area contributed by atoms with Gasteiger partial charge in [-0.1, -0.05) is 6.92 Å². The predicted octanol–water partition coefficient (Wildman–Crippen LogP) is 4.57. The molecule has 4 rings (SSSR count). The Morgan fingerprint density at radius 1 is 1.06 bits per heavy atom. The van der Waals surface area contributed by atoms with Crippen molar-refractivity contribution in [3.63, 3.8) is 0 Å². The second kappa shape index (κ2) is 9.84. The fraction of sp³-hybridized carbons (Fsp3) is 0.333. The van der Waals surface area contributed by atoms with Crippen molar-refractivity contribution >= 4 is 21.2 Å². The van der Waals surface area contributed by atoms with Crippen LogP contribution in [0.5, 0.6) is 17.4 Å². The fourth-order valence-corrected chi connectivity index (χ4v) is 4.22. The number of fused-ring (bicyclic) bond motifs is 5. The van der Waals surface area contributed by atoms with E-state index >= 15 is 0 Å². The molecule has 1 aliphatic heterocycles. The molecule has 0 amide bonds. The van der Waals surface area contributed by atoms with Gasteiger partial charge in [0.15, 0.2) is 5.82 Å². The number of nitrogen functional groups attached to an aromatic ring is 1. The number of aromatic nitrogens is 2. The first-order valence-corrected chi connectivity index (χ1v) is 13.1. The Balaban J connectivity index is 1.75. The Kier molecular flexibility index (Phi) is 6.87. The largest absolute Gasteiger partial charge is 0.490 e. The van der Waals surface area contributed by atoms with E-state index in [1.807, 2.05) is 6.92 Å². The average molecular weight is 487 g/mol. The van der Waals surface area contributed by atoms with Gasteiger partial charge in [-0.25, -0.2) is 18.6 Å². The summed E-state index contributed by atoms with van der Waals surface area (Å²) in [5.74, 6) is 1.11. The zero-order valence-electron chi connectivity index (χ0n) is 19.3. The van der Waals surface area contributed by atoms with Crippen LogP contribution in [0.25, 0.3) is 11.3 Å². The molecule has 2 N–H and O–H groups in total. The van der Waals surface area contributed by atoms with Crippen molar-refractivity contribution in [1.29, 1.82) is 0 Å². The van der Waals surface area contributed by atoms with Crippen molar-refractivity contribution in [2.24, 2.45) is 4.36 Å². The molecule has 1 aliphatic rings. The van der Waals surface area contributed by atoms with Crippen LogP contribution in [0.1, 0.15) is 24.8 Å². The number of benzene rings is 2. The standard InChI is InChI=1S/C24H27FN4O4S/c1-15-8-9-33-24-23(26)27-14-20(28-24)19-13-17(29-34(2,3)30)5-7-22(19)32-11-10-31-21-6-4-16(25)12-18(15)21/h4-7,12-15H,8-11H2,1-3H3,(H2,26,27)/t15-/m0/s1. The molecule has 34 heavy (non-hydrogen) atoms. The van der Waals surface area contributed by atoms with Gasteiger partial charge < -0.3 is 19.9 Å². The zero-order chi connectivity index (χ0) is 24.3. The maximum absolute atomic E-state index is 13.9. The monoisotopic (exact) mass is 486 g/mol. The number of anilines is 1. The lowest BCUT2D eigenvalue weighted by Gasteiger charge is -2.17. The summed E-state index contributed by atoms with van der Waals surface area (Å²) in [6, 6.07) is 9.68. The molecule has 1 aromatic heterocycles. The summed E-state index contributed by atoms with van der Waals surface area (Å²) in [5, 5.41) is 0. The van der Waals surface area contributed by atoms with Gasteiger partial charge in [0.2, 0.25) is 0 Å². The first kappa shape index (κ1) is 23.7. The van der Waals surface area contributed by atoms with E-state index in [0.29, 0.717) is 41.5 Å². The lowest BCUT2D eigenvalue weighted by atomic mass is 9.97. The molecule has 1 atom stereocenters. The summed E-state index contributed by atoms with van der Waals surface area (Å²) in [7, 11) is -2.36. The van der Waals surface area contributed by atoms with E-state index in [2.05, 4.69) is 14.3 Å². The van der Waals surface area contributed by atoms with E-state index in [1.165, 1.54) is 18.3 Å². The van der Waals surface area contributed by atoms with Gasteiger partial charge in [0.25, 0.3) is 5.88 Å². The molecule has 0 saturated carbocycles. The number of hydrogen-bond donors (Lipinski definition) is 1. The number of rotatable bonds is 1. The quantitative estimate of drug-likeness (QED) is 0.537. The molecule has 10 heteroatoms. The Morgan fingerprint density at radius 3 is 2.56 bits per heavy atom. The molecular weight excluding hydrogens is 459 g/mol. The molecule has 0 radical (unpaired) electrons. The lowest BCUT2D eigenvalue weighted by molar-refractivity contribution is 0.215. The van der Waals surface area contributed by atoms with Crippen molar-refractivity contribution in [3.8, 4) is 28.6 Å². The van der Waals surface area contributed by atoms with E-state index < -0.39 is 9.73 Å². The minimum Gasteiger partial charge on any atom is -0.490 e. The van der Waals surface area contributed by atoms with Crippen molar-refractivity contribution in [2.75, 3.05) is 38.1 Å². The third-order valence-electron chi connectivity index (χ3n) is 5.22. The Bertz CT molecular complexity index is 1320. The SMILES string of the molecule is C[C@H]1CCOc2nc(cnc2N)-c2cc(N=S(C)(C)=O)ccc2OCCOc2ccc(F)cc21. The lowest BCUT2D eigenvalue weighted by Crippen LogP contribution is -2.11. The van der Waals surface area contributed by atoms with Crippen LogP contribution >= 0.6 is 0 Å². The van der Waals surface area contributed by atoms with Gasteiger partial charge in [-0.15, -0.1) is 0 Å². The van der Waals surface area contributed by atoms with Crippen LogP contribution in [-0.2, 0) is 9.73 Å². The number of hydrogen-bond acceptors (Lipinski definition) is 8. The molecule has 0 unspecified atom stereocenters. The van der Waals surface area contributed by atoms with Gasteiger partial charge in [-0.3, -0.25) is 0 Å². The molecule has 3 aromatic rings. The number of nitrogens with two attached hydrogens (primary N) is 1. The maximum Gasteiger partial charge on any atom is 0.257 e. The first-order chi connectivity index (χ1) is 16.2. The van der Waals surface area contributed by atoms with Crippen LogP contribution in [-0.4, -0.2) is 46.5 Å².